The summed E-state index contributed by atoms with van der Waals surface area (Å²) in [6.45, 7) is 3.34. The number of aliphatic hydroxyl groups excluding tert-OH is 1. The molecule has 0 spiro atoms. The van der Waals surface area contributed by atoms with E-state index in [4.69, 9.17) is 19.1 Å². The van der Waals surface area contributed by atoms with E-state index in [0.717, 1.165) is 5.56 Å². The summed E-state index contributed by atoms with van der Waals surface area (Å²) in [5.74, 6) is 0.709. The second-order valence-corrected chi connectivity index (χ2v) is 5.77. The number of nitrogens with zero attached hydrogens (tertiary/aromatic N) is 2. The van der Waals surface area contributed by atoms with Crippen molar-refractivity contribution in [3.05, 3.63) is 35.9 Å². The van der Waals surface area contributed by atoms with Crippen LogP contribution in [0.15, 0.2) is 34.9 Å². The molecule has 1 saturated heterocycles. The molecule has 0 radical (unpaired) electrons. The number of hydrogen-bond acceptors (Lipinski definition) is 7. The van der Waals surface area contributed by atoms with Crippen LogP contribution in [0.5, 0.6) is 0 Å². The number of amides is 1. The van der Waals surface area contributed by atoms with Gasteiger partial charge in [0.25, 0.3) is 5.91 Å². The highest BCUT2D eigenvalue weighted by Gasteiger charge is 2.28. The van der Waals surface area contributed by atoms with Crippen molar-refractivity contribution in [1.29, 1.82) is 0 Å². The Bertz CT molecular complexity index is 698. The SMILES string of the molecule is O=C(NCCOCCO)c1c(N2CCOCC2)noc1-c1ccccc1. The molecule has 2 N–H and O–H groups in total. The Labute approximate surface area is 151 Å². The number of carbonyl (C=O) groups is 1. The van der Waals surface area contributed by atoms with Gasteiger partial charge < -0.3 is 29.3 Å². The summed E-state index contributed by atoms with van der Waals surface area (Å²) in [7, 11) is 0. The first kappa shape index (κ1) is 18.4. The van der Waals surface area contributed by atoms with Gasteiger partial charge in [0, 0.05) is 25.2 Å². The second kappa shape index (κ2) is 9.33. The molecule has 2 heterocycles. The fraction of sp³-hybridized carbons (Fsp3) is 0.444. The molecule has 3 rings (SSSR count). The Balaban J connectivity index is 1.81. The third kappa shape index (κ3) is 4.40. The molecule has 1 aliphatic rings. The highest BCUT2D eigenvalue weighted by Crippen LogP contribution is 2.31. The van der Waals surface area contributed by atoms with Crippen LogP contribution in [0, 0.1) is 0 Å². The Kier molecular flexibility index (Phi) is 6.59. The van der Waals surface area contributed by atoms with Gasteiger partial charge in [-0.3, -0.25) is 4.79 Å². The van der Waals surface area contributed by atoms with Crippen molar-refractivity contribution in [3.8, 4) is 11.3 Å². The van der Waals surface area contributed by atoms with Crippen LogP contribution in [-0.4, -0.2) is 68.8 Å². The molecule has 8 heteroatoms. The van der Waals surface area contributed by atoms with E-state index in [1.54, 1.807) is 0 Å². The fourth-order valence-electron chi connectivity index (χ4n) is 2.76. The summed E-state index contributed by atoms with van der Waals surface area (Å²) < 4.78 is 16.1. The smallest absolute Gasteiger partial charge is 0.259 e. The van der Waals surface area contributed by atoms with Gasteiger partial charge in [-0.2, -0.15) is 0 Å². The molecule has 0 bridgehead atoms. The van der Waals surface area contributed by atoms with Crippen LogP contribution in [0.25, 0.3) is 11.3 Å². The van der Waals surface area contributed by atoms with E-state index in [2.05, 4.69) is 10.5 Å². The molecule has 140 valence electrons. The van der Waals surface area contributed by atoms with Crippen molar-refractivity contribution in [3.63, 3.8) is 0 Å². The van der Waals surface area contributed by atoms with Crippen molar-refractivity contribution in [2.75, 3.05) is 57.6 Å². The number of benzene rings is 1. The van der Waals surface area contributed by atoms with Crippen molar-refractivity contribution >= 4 is 11.7 Å². The number of aromatic nitrogens is 1. The second-order valence-electron chi connectivity index (χ2n) is 5.77. The maximum Gasteiger partial charge on any atom is 0.259 e. The lowest BCUT2D eigenvalue weighted by Crippen LogP contribution is -2.38. The molecule has 26 heavy (non-hydrogen) atoms. The van der Waals surface area contributed by atoms with Gasteiger partial charge in [0.05, 0.1) is 33.0 Å². The first-order valence-corrected chi connectivity index (χ1v) is 8.66. The minimum absolute atomic E-state index is 0.0427. The Hall–Kier alpha value is -2.42. The number of nitrogens with one attached hydrogen (secondary N) is 1. The summed E-state index contributed by atoms with van der Waals surface area (Å²) in [5.41, 5.74) is 1.21. The van der Waals surface area contributed by atoms with Crippen LogP contribution in [0.4, 0.5) is 5.82 Å². The number of anilines is 1. The summed E-state index contributed by atoms with van der Waals surface area (Å²) >= 11 is 0. The van der Waals surface area contributed by atoms with E-state index in [0.29, 0.717) is 56.6 Å². The van der Waals surface area contributed by atoms with Crippen molar-refractivity contribution in [2.45, 2.75) is 0 Å². The average Bonchev–Trinajstić information content (AvgIpc) is 3.14. The van der Waals surface area contributed by atoms with E-state index in [1.165, 1.54) is 0 Å². The zero-order chi connectivity index (χ0) is 18.2. The van der Waals surface area contributed by atoms with E-state index in [-0.39, 0.29) is 19.1 Å². The Morgan fingerprint density at radius 3 is 2.73 bits per heavy atom. The number of rotatable bonds is 8. The molecule has 1 amide bonds. The van der Waals surface area contributed by atoms with Gasteiger partial charge in [-0.25, -0.2) is 0 Å². The fourth-order valence-corrected chi connectivity index (χ4v) is 2.76. The van der Waals surface area contributed by atoms with Gasteiger partial charge in [0.1, 0.15) is 5.56 Å². The van der Waals surface area contributed by atoms with E-state index >= 15 is 0 Å². The largest absolute Gasteiger partial charge is 0.394 e. The average molecular weight is 361 g/mol. The van der Waals surface area contributed by atoms with Gasteiger partial charge in [-0.15, -0.1) is 0 Å². The summed E-state index contributed by atoms with van der Waals surface area (Å²) in [4.78, 5) is 14.8. The summed E-state index contributed by atoms with van der Waals surface area (Å²) in [6.07, 6.45) is 0. The van der Waals surface area contributed by atoms with Crippen molar-refractivity contribution in [1.82, 2.24) is 10.5 Å². The first-order valence-electron chi connectivity index (χ1n) is 8.66. The predicted molar refractivity (Wildman–Crippen MR) is 95.2 cm³/mol. The number of hydrogen-bond donors (Lipinski definition) is 2. The number of carbonyl (C=O) groups excluding carboxylic acids is 1. The predicted octanol–water partition coefficient (Wildman–Crippen LogP) is 0.917. The van der Waals surface area contributed by atoms with Gasteiger partial charge in [0.2, 0.25) is 0 Å². The van der Waals surface area contributed by atoms with E-state index in [9.17, 15) is 4.79 Å². The molecular formula is C18H23N3O5. The molecule has 0 unspecified atom stereocenters. The van der Waals surface area contributed by atoms with Crippen LogP contribution in [0.1, 0.15) is 10.4 Å². The lowest BCUT2D eigenvalue weighted by molar-refractivity contribution is 0.0838. The minimum atomic E-state index is -0.265. The van der Waals surface area contributed by atoms with Crippen LogP contribution in [-0.2, 0) is 9.47 Å². The molecular weight excluding hydrogens is 338 g/mol. The van der Waals surface area contributed by atoms with Crippen molar-refractivity contribution in [2.24, 2.45) is 0 Å². The van der Waals surface area contributed by atoms with Crippen LogP contribution >= 0.6 is 0 Å². The molecule has 1 aliphatic heterocycles. The normalized spacial score (nSPS) is 14.4. The standard InChI is InChI=1S/C18H23N3O5/c22-9-13-24-10-6-19-18(23)15-16(14-4-2-1-3-5-14)26-20-17(15)21-7-11-25-12-8-21/h1-5,22H,6-13H2,(H,19,23). The first-order chi connectivity index (χ1) is 12.8. The highest BCUT2D eigenvalue weighted by molar-refractivity contribution is 6.04. The summed E-state index contributed by atoms with van der Waals surface area (Å²) in [6, 6.07) is 9.43. The molecule has 0 atom stereocenters. The molecule has 2 aromatic rings. The number of ether oxygens (including phenoxy) is 2. The lowest BCUT2D eigenvalue weighted by Gasteiger charge is -2.26. The zero-order valence-corrected chi connectivity index (χ0v) is 14.5. The lowest BCUT2D eigenvalue weighted by atomic mass is 10.1. The van der Waals surface area contributed by atoms with E-state index < -0.39 is 0 Å². The quantitative estimate of drug-likeness (QED) is 0.675. The highest BCUT2D eigenvalue weighted by atomic mass is 16.5. The molecule has 0 saturated carbocycles. The summed E-state index contributed by atoms with van der Waals surface area (Å²) in [5, 5.41) is 15.7. The minimum Gasteiger partial charge on any atom is -0.394 e. The van der Waals surface area contributed by atoms with Gasteiger partial charge in [0.15, 0.2) is 11.6 Å². The Morgan fingerprint density at radius 1 is 1.23 bits per heavy atom. The maximum atomic E-state index is 12.8. The molecule has 1 aromatic carbocycles. The Morgan fingerprint density at radius 2 is 2.00 bits per heavy atom. The van der Waals surface area contributed by atoms with Gasteiger partial charge in [-0.05, 0) is 0 Å². The van der Waals surface area contributed by atoms with Crippen LogP contribution < -0.4 is 10.2 Å². The third-order valence-corrected chi connectivity index (χ3v) is 4.02. The van der Waals surface area contributed by atoms with Crippen molar-refractivity contribution < 1.29 is 23.9 Å². The monoisotopic (exact) mass is 361 g/mol. The topological polar surface area (TPSA) is 97.1 Å². The zero-order valence-electron chi connectivity index (χ0n) is 14.5. The number of aliphatic hydroxyl groups is 1. The molecule has 1 fully saturated rings. The van der Waals surface area contributed by atoms with Crippen LogP contribution in [0.3, 0.4) is 0 Å². The maximum absolute atomic E-state index is 12.8. The third-order valence-electron chi connectivity index (χ3n) is 4.02. The molecule has 0 aliphatic carbocycles. The van der Waals surface area contributed by atoms with Gasteiger partial charge >= 0.3 is 0 Å². The number of morpholine rings is 1. The molecule has 8 nitrogen and oxygen atoms in total. The molecule has 1 aromatic heterocycles. The van der Waals surface area contributed by atoms with Gasteiger partial charge in [-0.1, -0.05) is 35.5 Å². The van der Waals surface area contributed by atoms with E-state index in [1.807, 2.05) is 35.2 Å². The van der Waals surface area contributed by atoms with Crippen LogP contribution in [0.2, 0.25) is 0 Å².